The van der Waals surface area contributed by atoms with Gasteiger partial charge in [0.1, 0.15) is 18.2 Å². The van der Waals surface area contributed by atoms with Crippen molar-refractivity contribution in [2.24, 2.45) is 5.92 Å². The molecule has 3 aromatic rings. The number of aromatic amines is 1. The van der Waals surface area contributed by atoms with Crippen molar-refractivity contribution in [3.05, 3.63) is 64.6 Å². The summed E-state index contributed by atoms with van der Waals surface area (Å²) in [6, 6.07) is 10.9. The number of hydrogen-bond acceptors (Lipinski definition) is 5. The number of hydrogen-bond donors (Lipinski definition) is 1. The van der Waals surface area contributed by atoms with E-state index >= 15 is 4.39 Å². The van der Waals surface area contributed by atoms with Crippen LogP contribution >= 0.6 is 0 Å². The number of benzene rings is 2. The summed E-state index contributed by atoms with van der Waals surface area (Å²) in [4.78, 5) is 18.0. The zero-order valence-corrected chi connectivity index (χ0v) is 22.1. The largest absolute Gasteiger partial charge is 0.491 e. The minimum atomic E-state index is -0.386. The summed E-state index contributed by atoms with van der Waals surface area (Å²) < 4.78 is 32.4. The summed E-state index contributed by atoms with van der Waals surface area (Å²) in [7, 11) is 1.40. The molecular weight excluding hydrogens is 459 g/mol. The Balaban J connectivity index is 1.74. The molecule has 2 aromatic carbocycles. The van der Waals surface area contributed by atoms with Gasteiger partial charge in [0.05, 0.1) is 31.3 Å². The summed E-state index contributed by atoms with van der Waals surface area (Å²) in [6.45, 7) is 11.7. The summed E-state index contributed by atoms with van der Waals surface area (Å²) >= 11 is 0. The van der Waals surface area contributed by atoms with Gasteiger partial charge in [0.25, 0.3) is 0 Å². The molecule has 36 heavy (non-hydrogen) atoms. The molecule has 0 saturated carbocycles. The van der Waals surface area contributed by atoms with Gasteiger partial charge >= 0.3 is 5.97 Å². The molecule has 1 N–H and O–H groups in total. The summed E-state index contributed by atoms with van der Waals surface area (Å²) in [5, 5.41) is 1.16. The van der Waals surface area contributed by atoms with Gasteiger partial charge in [-0.05, 0) is 63.4 Å². The van der Waals surface area contributed by atoms with Crippen LogP contribution in [0, 0.1) is 18.7 Å². The second kappa shape index (κ2) is 10.6. The van der Waals surface area contributed by atoms with Gasteiger partial charge in [0.2, 0.25) is 0 Å². The van der Waals surface area contributed by atoms with Crippen LogP contribution in [-0.2, 0) is 20.7 Å². The Bertz CT molecular complexity index is 1230. The van der Waals surface area contributed by atoms with Crippen molar-refractivity contribution in [1.82, 2.24) is 9.88 Å². The number of nitrogens with one attached hydrogen (secondary N) is 1. The predicted molar refractivity (Wildman–Crippen MR) is 139 cm³/mol. The van der Waals surface area contributed by atoms with Gasteiger partial charge in [-0.15, -0.1) is 0 Å². The highest BCUT2D eigenvalue weighted by Gasteiger charge is 2.36. The lowest BCUT2D eigenvalue weighted by atomic mass is 9.88. The molecule has 2 unspecified atom stereocenters. The average Bonchev–Trinajstić information content (AvgIpc) is 3.21. The second-order valence-electron chi connectivity index (χ2n) is 10.5. The number of H-pyrrole nitrogens is 1. The first kappa shape index (κ1) is 26.2. The first-order valence-corrected chi connectivity index (χ1v) is 12.6. The number of para-hydroxylation sites is 1. The van der Waals surface area contributed by atoms with Crippen LogP contribution in [0.5, 0.6) is 5.75 Å². The Kier molecular flexibility index (Phi) is 7.71. The zero-order chi connectivity index (χ0) is 26.0. The van der Waals surface area contributed by atoms with E-state index in [9.17, 15) is 4.79 Å². The van der Waals surface area contributed by atoms with Crippen LogP contribution in [0.4, 0.5) is 4.39 Å². The molecule has 1 aromatic heterocycles. The normalized spacial score (nSPS) is 17.1. The van der Waals surface area contributed by atoms with E-state index in [-0.39, 0.29) is 29.3 Å². The average molecular weight is 497 g/mol. The first-order valence-electron chi connectivity index (χ1n) is 12.6. The number of aromatic nitrogens is 1. The van der Waals surface area contributed by atoms with E-state index in [0.29, 0.717) is 37.6 Å². The second-order valence-corrected chi connectivity index (χ2v) is 10.5. The number of carbonyl (C=O) groups is 1. The maximum absolute atomic E-state index is 15.6. The molecular formula is C29H37FN2O4. The quantitative estimate of drug-likeness (QED) is 0.327. The molecule has 7 heteroatoms. The molecule has 0 aliphatic carbocycles. The first-order chi connectivity index (χ1) is 17.1. The Morgan fingerprint density at radius 3 is 2.67 bits per heavy atom. The molecule has 2 atom stereocenters. The van der Waals surface area contributed by atoms with E-state index in [1.54, 1.807) is 6.07 Å². The number of carbonyl (C=O) groups excluding carboxylic acids is 1. The Morgan fingerprint density at radius 1 is 1.19 bits per heavy atom. The van der Waals surface area contributed by atoms with E-state index in [1.807, 2.05) is 52.8 Å². The van der Waals surface area contributed by atoms with Gasteiger partial charge in [-0.25, -0.2) is 4.39 Å². The van der Waals surface area contributed by atoms with Crippen LogP contribution in [0.1, 0.15) is 56.1 Å². The van der Waals surface area contributed by atoms with Crippen molar-refractivity contribution in [2.45, 2.75) is 52.7 Å². The minimum Gasteiger partial charge on any atom is -0.491 e. The molecule has 6 nitrogen and oxygen atoms in total. The number of methoxy groups -OCH3 is 1. The molecule has 0 fully saturated rings. The third-order valence-electron chi connectivity index (χ3n) is 6.81. The van der Waals surface area contributed by atoms with Gasteiger partial charge in [-0.3, -0.25) is 9.69 Å². The molecule has 0 spiro atoms. The van der Waals surface area contributed by atoms with Crippen molar-refractivity contribution >= 4 is 16.9 Å². The Labute approximate surface area is 212 Å². The van der Waals surface area contributed by atoms with Crippen LogP contribution in [0.15, 0.2) is 36.4 Å². The fraction of sp³-hybridized carbons (Fsp3) is 0.483. The lowest BCUT2D eigenvalue weighted by Gasteiger charge is -2.38. The molecule has 194 valence electrons. The fourth-order valence-electron chi connectivity index (χ4n) is 5.11. The fourth-order valence-corrected chi connectivity index (χ4v) is 5.11. The molecule has 0 saturated heterocycles. The third-order valence-corrected chi connectivity index (χ3v) is 6.81. The number of fused-ring (bicyclic) bond motifs is 3. The van der Waals surface area contributed by atoms with Crippen molar-refractivity contribution < 1.29 is 23.4 Å². The van der Waals surface area contributed by atoms with E-state index < -0.39 is 0 Å². The number of rotatable bonds is 8. The number of ether oxygens (including phenoxy) is 3. The number of halogens is 1. The van der Waals surface area contributed by atoms with Crippen LogP contribution in [0.3, 0.4) is 0 Å². The predicted octanol–water partition coefficient (Wildman–Crippen LogP) is 5.57. The van der Waals surface area contributed by atoms with Gasteiger partial charge in [0.15, 0.2) is 0 Å². The summed E-state index contributed by atoms with van der Waals surface area (Å²) in [5.74, 6) is -0.281. The minimum absolute atomic E-state index is 0.253. The van der Waals surface area contributed by atoms with Crippen molar-refractivity contribution in [3.8, 4) is 5.75 Å². The summed E-state index contributed by atoms with van der Waals surface area (Å²) in [6.07, 6.45) is 0.810. The number of nitrogens with zero attached hydrogens (tertiary/aromatic N) is 1. The zero-order valence-electron chi connectivity index (χ0n) is 22.1. The van der Waals surface area contributed by atoms with Gasteiger partial charge in [0, 0.05) is 35.2 Å². The molecule has 0 amide bonds. The van der Waals surface area contributed by atoms with E-state index in [4.69, 9.17) is 14.2 Å². The third kappa shape index (κ3) is 5.42. The molecule has 1 aliphatic heterocycles. The SMILES string of the molecule is COC(=O)C(C)CN1CCc2c([nH]c3ccccc23)C1c1c(F)ccc(OCCOC(C)(C)C)c1C. The Morgan fingerprint density at radius 2 is 1.94 bits per heavy atom. The van der Waals surface area contributed by atoms with E-state index in [1.165, 1.54) is 18.7 Å². The highest BCUT2D eigenvalue weighted by atomic mass is 19.1. The van der Waals surface area contributed by atoms with Gasteiger partial charge in [-0.2, -0.15) is 0 Å². The molecule has 0 radical (unpaired) electrons. The molecule has 1 aliphatic rings. The van der Waals surface area contributed by atoms with E-state index in [0.717, 1.165) is 28.6 Å². The summed E-state index contributed by atoms with van der Waals surface area (Å²) in [5.41, 5.74) is 4.25. The van der Waals surface area contributed by atoms with Crippen molar-refractivity contribution in [3.63, 3.8) is 0 Å². The van der Waals surface area contributed by atoms with E-state index in [2.05, 4.69) is 16.0 Å². The maximum Gasteiger partial charge on any atom is 0.309 e. The van der Waals surface area contributed by atoms with Crippen LogP contribution in [0.25, 0.3) is 10.9 Å². The maximum atomic E-state index is 15.6. The van der Waals surface area contributed by atoms with Gasteiger partial charge in [-0.1, -0.05) is 25.1 Å². The van der Waals surface area contributed by atoms with Crippen molar-refractivity contribution in [2.75, 3.05) is 33.4 Å². The molecule has 0 bridgehead atoms. The topological polar surface area (TPSA) is 63.8 Å². The van der Waals surface area contributed by atoms with Crippen LogP contribution in [-0.4, -0.2) is 54.9 Å². The van der Waals surface area contributed by atoms with Crippen molar-refractivity contribution in [1.29, 1.82) is 0 Å². The lowest BCUT2D eigenvalue weighted by Crippen LogP contribution is -2.41. The highest BCUT2D eigenvalue weighted by Crippen LogP contribution is 2.42. The number of esters is 1. The smallest absolute Gasteiger partial charge is 0.309 e. The molecule has 2 heterocycles. The monoisotopic (exact) mass is 496 g/mol. The molecule has 4 rings (SSSR count). The Hall–Kier alpha value is -2.90. The highest BCUT2D eigenvalue weighted by molar-refractivity contribution is 5.85. The van der Waals surface area contributed by atoms with Crippen LogP contribution in [0.2, 0.25) is 0 Å². The van der Waals surface area contributed by atoms with Gasteiger partial charge < -0.3 is 19.2 Å². The standard InChI is InChI=1S/C29H37FN2O4/c1-18(28(33)34-6)17-32-14-13-21-20-9-7-8-10-23(20)31-26(21)27(32)25-19(2)24(12-11-22(25)30)35-15-16-36-29(3,4)5/h7-12,18,27,31H,13-17H2,1-6H3. The lowest BCUT2D eigenvalue weighted by molar-refractivity contribution is -0.145. The van der Waals surface area contributed by atoms with Crippen LogP contribution < -0.4 is 4.74 Å².